The van der Waals surface area contributed by atoms with Gasteiger partial charge in [0.15, 0.2) is 9.84 Å². The Hall–Kier alpha value is -0.290. The van der Waals surface area contributed by atoms with Crippen LogP contribution in [0.15, 0.2) is 18.2 Å². The first-order chi connectivity index (χ1) is 9.45. The molecule has 0 radical (unpaired) electrons. The molecule has 6 heteroatoms. The van der Waals surface area contributed by atoms with E-state index in [0.717, 1.165) is 18.4 Å². The number of hydrogen-bond acceptors (Lipinski definition) is 3. The molecule has 1 N–H and O–H groups in total. The van der Waals surface area contributed by atoms with Gasteiger partial charge in [-0.05, 0) is 43.1 Å². The molecule has 1 heterocycles. The van der Waals surface area contributed by atoms with Crippen molar-refractivity contribution in [1.29, 1.82) is 0 Å². The van der Waals surface area contributed by atoms with E-state index >= 15 is 0 Å². The van der Waals surface area contributed by atoms with E-state index in [4.69, 9.17) is 23.2 Å². The van der Waals surface area contributed by atoms with E-state index in [0.29, 0.717) is 23.0 Å². The molecular formula is C14H19Cl2NO2S. The Morgan fingerprint density at radius 1 is 1.35 bits per heavy atom. The zero-order valence-electron chi connectivity index (χ0n) is 11.4. The van der Waals surface area contributed by atoms with Gasteiger partial charge in [-0.3, -0.25) is 0 Å². The van der Waals surface area contributed by atoms with Gasteiger partial charge in [0.1, 0.15) is 0 Å². The standard InChI is InChI=1S/C14H19Cl2NO2S/c1-2-17-14(11-9-10(15)6-7-12(11)16)13-5-3-4-8-20(13,18)19/h6-7,9,13-14,17H,2-5,8H2,1H3. The van der Waals surface area contributed by atoms with Crippen LogP contribution in [0, 0.1) is 0 Å². The van der Waals surface area contributed by atoms with Crippen molar-refractivity contribution in [3.8, 4) is 0 Å². The highest BCUT2D eigenvalue weighted by Crippen LogP contribution is 2.35. The molecule has 20 heavy (non-hydrogen) atoms. The third-order valence-corrected chi connectivity index (χ3v) is 6.59. The van der Waals surface area contributed by atoms with Crippen molar-refractivity contribution in [3.63, 3.8) is 0 Å². The molecule has 0 aromatic heterocycles. The summed E-state index contributed by atoms with van der Waals surface area (Å²) in [5, 5.41) is 3.97. The second-order valence-electron chi connectivity index (χ2n) is 5.10. The summed E-state index contributed by atoms with van der Waals surface area (Å²) in [7, 11) is -3.09. The second kappa shape index (κ2) is 6.65. The fourth-order valence-corrected chi connectivity index (χ4v) is 5.28. The van der Waals surface area contributed by atoms with Gasteiger partial charge in [0.2, 0.25) is 0 Å². The summed E-state index contributed by atoms with van der Waals surface area (Å²) in [6.45, 7) is 2.64. The molecular weight excluding hydrogens is 317 g/mol. The first kappa shape index (κ1) is 16.1. The van der Waals surface area contributed by atoms with Crippen molar-refractivity contribution in [3.05, 3.63) is 33.8 Å². The zero-order chi connectivity index (χ0) is 14.8. The van der Waals surface area contributed by atoms with Crippen molar-refractivity contribution in [1.82, 2.24) is 5.32 Å². The van der Waals surface area contributed by atoms with Crippen LogP contribution in [-0.4, -0.2) is 26.0 Å². The second-order valence-corrected chi connectivity index (χ2v) is 8.29. The number of hydrogen-bond donors (Lipinski definition) is 1. The highest BCUT2D eigenvalue weighted by atomic mass is 35.5. The van der Waals surface area contributed by atoms with Crippen molar-refractivity contribution in [2.75, 3.05) is 12.3 Å². The maximum atomic E-state index is 12.4. The molecule has 0 saturated carbocycles. The van der Waals surface area contributed by atoms with E-state index in [-0.39, 0.29) is 11.8 Å². The lowest BCUT2D eigenvalue weighted by atomic mass is 9.99. The van der Waals surface area contributed by atoms with Gasteiger partial charge in [-0.1, -0.05) is 36.5 Å². The normalized spacial score (nSPS) is 23.4. The van der Waals surface area contributed by atoms with Crippen LogP contribution in [0.1, 0.15) is 37.8 Å². The molecule has 1 fully saturated rings. The van der Waals surface area contributed by atoms with Crippen LogP contribution >= 0.6 is 23.2 Å². The summed E-state index contributed by atoms with van der Waals surface area (Å²) in [6.07, 6.45) is 2.35. The van der Waals surface area contributed by atoms with E-state index in [1.165, 1.54) is 0 Å². The summed E-state index contributed by atoms with van der Waals surface area (Å²) >= 11 is 12.3. The first-order valence-corrected chi connectivity index (χ1v) is 9.32. The molecule has 0 spiro atoms. The molecule has 112 valence electrons. The highest BCUT2D eigenvalue weighted by molar-refractivity contribution is 7.92. The van der Waals surface area contributed by atoms with Crippen LogP contribution in [0.3, 0.4) is 0 Å². The average molecular weight is 336 g/mol. The Labute approximate surface area is 130 Å². The molecule has 1 aromatic rings. The van der Waals surface area contributed by atoms with Crippen LogP contribution < -0.4 is 5.32 Å². The molecule has 0 aliphatic carbocycles. The molecule has 3 nitrogen and oxygen atoms in total. The minimum Gasteiger partial charge on any atom is -0.309 e. The van der Waals surface area contributed by atoms with Crippen molar-refractivity contribution >= 4 is 33.0 Å². The summed E-state index contributed by atoms with van der Waals surface area (Å²) < 4.78 is 24.7. The van der Waals surface area contributed by atoms with Gasteiger partial charge in [0.25, 0.3) is 0 Å². The third-order valence-electron chi connectivity index (χ3n) is 3.72. The monoisotopic (exact) mass is 335 g/mol. The van der Waals surface area contributed by atoms with Gasteiger partial charge in [-0.25, -0.2) is 8.42 Å². The van der Waals surface area contributed by atoms with Gasteiger partial charge >= 0.3 is 0 Å². The molecule has 0 bridgehead atoms. The highest BCUT2D eigenvalue weighted by Gasteiger charge is 2.36. The van der Waals surface area contributed by atoms with Crippen molar-refractivity contribution in [2.24, 2.45) is 0 Å². The van der Waals surface area contributed by atoms with E-state index in [9.17, 15) is 8.42 Å². The van der Waals surface area contributed by atoms with Gasteiger partial charge in [0, 0.05) is 10.0 Å². The summed E-state index contributed by atoms with van der Waals surface area (Å²) in [6, 6.07) is 4.91. The maximum Gasteiger partial charge on any atom is 0.155 e. The lowest BCUT2D eigenvalue weighted by Gasteiger charge is -2.31. The molecule has 2 unspecified atom stereocenters. The van der Waals surface area contributed by atoms with Crippen molar-refractivity contribution < 1.29 is 8.42 Å². The fraction of sp³-hybridized carbons (Fsp3) is 0.571. The molecule has 1 aliphatic rings. The van der Waals surface area contributed by atoms with Crippen LogP contribution in [0.2, 0.25) is 10.0 Å². The van der Waals surface area contributed by atoms with Crippen LogP contribution in [0.25, 0.3) is 0 Å². The molecule has 1 aromatic carbocycles. The number of rotatable bonds is 4. The molecule has 2 atom stereocenters. The number of sulfone groups is 1. The maximum absolute atomic E-state index is 12.4. The lowest BCUT2D eigenvalue weighted by molar-refractivity contribution is 0.454. The Balaban J connectivity index is 2.42. The summed E-state index contributed by atoms with van der Waals surface area (Å²) in [5.74, 6) is 0.262. The van der Waals surface area contributed by atoms with Crippen LogP contribution in [-0.2, 0) is 9.84 Å². The summed E-state index contributed by atoms with van der Waals surface area (Å²) in [4.78, 5) is 0. The Kier molecular flexibility index (Phi) is 5.35. The smallest absolute Gasteiger partial charge is 0.155 e. The van der Waals surface area contributed by atoms with E-state index in [2.05, 4.69) is 5.32 Å². The number of halogens is 2. The zero-order valence-corrected chi connectivity index (χ0v) is 13.7. The average Bonchev–Trinajstić information content (AvgIpc) is 2.39. The minimum absolute atomic E-state index is 0.262. The van der Waals surface area contributed by atoms with Gasteiger partial charge < -0.3 is 5.32 Å². The van der Waals surface area contributed by atoms with E-state index in [1.807, 2.05) is 6.92 Å². The molecule has 2 rings (SSSR count). The van der Waals surface area contributed by atoms with Crippen LogP contribution in [0.5, 0.6) is 0 Å². The topological polar surface area (TPSA) is 46.2 Å². The predicted molar refractivity (Wildman–Crippen MR) is 84.3 cm³/mol. The minimum atomic E-state index is -3.09. The van der Waals surface area contributed by atoms with Crippen molar-refractivity contribution in [2.45, 2.75) is 37.5 Å². The van der Waals surface area contributed by atoms with E-state index in [1.54, 1.807) is 18.2 Å². The largest absolute Gasteiger partial charge is 0.309 e. The summed E-state index contributed by atoms with van der Waals surface area (Å²) in [5.41, 5.74) is 0.775. The van der Waals surface area contributed by atoms with Crippen LogP contribution in [0.4, 0.5) is 0 Å². The SMILES string of the molecule is CCNC(c1cc(Cl)ccc1Cl)C1CCCCS1(=O)=O. The fourth-order valence-electron chi connectivity index (χ4n) is 2.77. The third kappa shape index (κ3) is 3.48. The predicted octanol–water partition coefficient (Wildman–Crippen LogP) is 3.61. The van der Waals surface area contributed by atoms with Gasteiger partial charge in [-0.15, -0.1) is 0 Å². The number of nitrogens with one attached hydrogen (secondary N) is 1. The first-order valence-electron chi connectivity index (χ1n) is 6.85. The Morgan fingerprint density at radius 3 is 2.75 bits per heavy atom. The Bertz CT molecular complexity index is 575. The number of benzene rings is 1. The van der Waals surface area contributed by atoms with E-state index < -0.39 is 15.1 Å². The molecule has 1 saturated heterocycles. The Morgan fingerprint density at radius 2 is 2.10 bits per heavy atom. The lowest BCUT2D eigenvalue weighted by Crippen LogP contribution is -2.40. The van der Waals surface area contributed by atoms with Gasteiger partial charge in [-0.2, -0.15) is 0 Å². The quantitative estimate of drug-likeness (QED) is 0.914. The molecule has 0 amide bonds. The molecule has 1 aliphatic heterocycles. The van der Waals surface area contributed by atoms with Gasteiger partial charge in [0.05, 0.1) is 17.0 Å².